The molecule has 1 fully saturated rings. The molecular weight excluding hydrogens is 233 g/mol. The largest absolute Gasteiger partial charge is 0.401 e. The number of alkyl halides is 3. The first-order valence-corrected chi connectivity index (χ1v) is 5.12. The standard InChI is InChI=1S/C7H9F3N2O2S/c8-7(9,10)4-1-5(13)12-3(2-15-4)6(11)14/h3-4H,1-2H2,(H2,11,14)(H,12,13). The molecule has 0 saturated carbocycles. The van der Waals surface area contributed by atoms with Gasteiger partial charge in [0.05, 0.1) is 0 Å². The summed E-state index contributed by atoms with van der Waals surface area (Å²) in [7, 11) is 0. The maximum atomic E-state index is 12.3. The summed E-state index contributed by atoms with van der Waals surface area (Å²) in [5, 5.41) is 0.384. The second-order valence-electron chi connectivity index (χ2n) is 3.09. The molecule has 2 atom stereocenters. The quantitative estimate of drug-likeness (QED) is 0.681. The molecule has 1 aliphatic heterocycles. The molecule has 3 N–H and O–H groups in total. The highest BCUT2D eigenvalue weighted by atomic mass is 32.2. The smallest absolute Gasteiger partial charge is 0.368 e. The van der Waals surface area contributed by atoms with Crippen LogP contribution in [-0.4, -0.2) is 35.0 Å². The lowest BCUT2D eigenvalue weighted by Gasteiger charge is -2.15. The summed E-state index contributed by atoms with van der Waals surface area (Å²) < 4.78 is 36.9. The third-order valence-electron chi connectivity index (χ3n) is 1.88. The number of hydrogen-bond donors (Lipinski definition) is 2. The molecule has 4 nitrogen and oxygen atoms in total. The number of nitrogens with one attached hydrogen (secondary N) is 1. The molecule has 1 rings (SSSR count). The minimum Gasteiger partial charge on any atom is -0.368 e. The molecule has 1 aliphatic rings. The predicted octanol–water partition coefficient (Wildman–Crippen LogP) is 0.0243. The fraction of sp³-hybridized carbons (Fsp3) is 0.714. The molecule has 0 aromatic carbocycles. The van der Waals surface area contributed by atoms with Crippen LogP contribution in [-0.2, 0) is 9.59 Å². The zero-order valence-electron chi connectivity index (χ0n) is 7.50. The maximum absolute atomic E-state index is 12.3. The zero-order chi connectivity index (χ0) is 11.6. The van der Waals surface area contributed by atoms with Crippen LogP contribution in [0.1, 0.15) is 6.42 Å². The van der Waals surface area contributed by atoms with E-state index in [0.717, 1.165) is 0 Å². The van der Waals surface area contributed by atoms with Gasteiger partial charge in [-0.2, -0.15) is 13.2 Å². The van der Waals surface area contributed by atoms with Gasteiger partial charge in [0.15, 0.2) is 0 Å². The summed E-state index contributed by atoms with van der Waals surface area (Å²) in [6, 6.07) is -1.02. The van der Waals surface area contributed by atoms with Gasteiger partial charge < -0.3 is 11.1 Å². The average Bonchev–Trinajstić information content (AvgIpc) is 2.25. The lowest BCUT2D eigenvalue weighted by atomic mass is 10.2. The van der Waals surface area contributed by atoms with Gasteiger partial charge in [-0.15, -0.1) is 11.8 Å². The third-order valence-corrected chi connectivity index (χ3v) is 3.24. The SMILES string of the molecule is NC(=O)C1CSC(C(F)(F)F)CC(=O)N1. The number of halogens is 3. The minimum absolute atomic E-state index is 0.148. The van der Waals surface area contributed by atoms with Crippen LogP contribution in [0.15, 0.2) is 0 Å². The molecule has 0 radical (unpaired) electrons. The second-order valence-corrected chi connectivity index (χ2v) is 4.33. The summed E-state index contributed by atoms with van der Waals surface area (Å²) in [6.07, 6.45) is -5.10. The Morgan fingerprint density at radius 3 is 2.60 bits per heavy atom. The lowest BCUT2D eigenvalue weighted by Crippen LogP contribution is -2.44. The van der Waals surface area contributed by atoms with Crippen molar-refractivity contribution in [2.45, 2.75) is 23.9 Å². The summed E-state index contributed by atoms with van der Waals surface area (Å²) in [5.41, 5.74) is 4.91. The second kappa shape index (κ2) is 4.30. The van der Waals surface area contributed by atoms with Gasteiger partial charge in [-0.05, 0) is 0 Å². The fourth-order valence-corrected chi connectivity index (χ4v) is 2.23. The zero-order valence-corrected chi connectivity index (χ0v) is 8.32. The van der Waals surface area contributed by atoms with Gasteiger partial charge in [-0.25, -0.2) is 0 Å². The number of carbonyl (C=O) groups excluding carboxylic acids is 2. The number of amides is 2. The van der Waals surface area contributed by atoms with E-state index in [0.29, 0.717) is 11.8 Å². The highest BCUT2D eigenvalue weighted by molar-refractivity contribution is 8.00. The van der Waals surface area contributed by atoms with Crippen molar-refractivity contribution in [3.63, 3.8) is 0 Å². The first kappa shape index (κ1) is 12.2. The van der Waals surface area contributed by atoms with E-state index in [1.807, 2.05) is 0 Å². The monoisotopic (exact) mass is 242 g/mol. The first-order valence-electron chi connectivity index (χ1n) is 4.07. The molecule has 8 heteroatoms. The van der Waals surface area contributed by atoms with Gasteiger partial charge in [0, 0.05) is 12.2 Å². The van der Waals surface area contributed by atoms with E-state index in [9.17, 15) is 22.8 Å². The Hall–Kier alpha value is -0.920. The molecule has 1 saturated heterocycles. The summed E-state index contributed by atoms with van der Waals surface area (Å²) in [5.74, 6) is -1.77. The van der Waals surface area contributed by atoms with Crippen molar-refractivity contribution in [2.24, 2.45) is 5.73 Å². The van der Waals surface area contributed by atoms with Crippen LogP contribution in [0, 0.1) is 0 Å². The summed E-state index contributed by atoms with van der Waals surface area (Å²) in [4.78, 5) is 21.7. The molecule has 2 unspecified atom stereocenters. The normalized spacial score (nSPS) is 28.1. The maximum Gasteiger partial charge on any atom is 0.401 e. The van der Waals surface area contributed by atoms with Crippen molar-refractivity contribution >= 4 is 23.6 Å². The molecule has 15 heavy (non-hydrogen) atoms. The van der Waals surface area contributed by atoms with Crippen LogP contribution in [0.5, 0.6) is 0 Å². The number of primary amides is 1. The number of rotatable bonds is 1. The molecule has 0 aromatic heterocycles. The van der Waals surface area contributed by atoms with Gasteiger partial charge >= 0.3 is 6.18 Å². The number of nitrogens with two attached hydrogens (primary N) is 1. The van der Waals surface area contributed by atoms with E-state index in [1.54, 1.807) is 0 Å². The molecule has 86 valence electrons. The molecule has 1 heterocycles. The van der Waals surface area contributed by atoms with E-state index in [-0.39, 0.29) is 5.75 Å². The van der Waals surface area contributed by atoms with Gasteiger partial charge in [-0.3, -0.25) is 9.59 Å². The number of carbonyl (C=O) groups is 2. The minimum atomic E-state index is -4.44. The van der Waals surface area contributed by atoms with Crippen LogP contribution >= 0.6 is 11.8 Å². The van der Waals surface area contributed by atoms with E-state index in [4.69, 9.17) is 5.73 Å². The molecule has 0 aromatic rings. The van der Waals surface area contributed by atoms with Gasteiger partial charge in [0.1, 0.15) is 11.3 Å². The van der Waals surface area contributed by atoms with Crippen LogP contribution in [0.3, 0.4) is 0 Å². The van der Waals surface area contributed by atoms with Crippen LogP contribution in [0.4, 0.5) is 13.2 Å². The van der Waals surface area contributed by atoms with Crippen molar-refractivity contribution in [2.75, 3.05) is 5.75 Å². The molecule has 0 spiro atoms. The molecule has 0 aliphatic carbocycles. The van der Waals surface area contributed by atoms with Gasteiger partial charge in [0.2, 0.25) is 11.8 Å². The van der Waals surface area contributed by atoms with Crippen LogP contribution < -0.4 is 11.1 Å². The number of hydrogen-bond acceptors (Lipinski definition) is 3. The van der Waals surface area contributed by atoms with Crippen molar-refractivity contribution in [1.82, 2.24) is 5.32 Å². The Morgan fingerprint density at radius 1 is 1.53 bits per heavy atom. The molecule has 0 bridgehead atoms. The highest BCUT2D eigenvalue weighted by Gasteiger charge is 2.43. The lowest BCUT2D eigenvalue weighted by molar-refractivity contribution is -0.140. The Labute approximate surface area is 87.8 Å². The Morgan fingerprint density at radius 2 is 2.13 bits per heavy atom. The third kappa shape index (κ3) is 3.29. The highest BCUT2D eigenvalue weighted by Crippen LogP contribution is 2.34. The van der Waals surface area contributed by atoms with Crippen molar-refractivity contribution in [3.05, 3.63) is 0 Å². The number of thioether (sulfide) groups is 1. The van der Waals surface area contributed by atoms with Gasteiger partial charge in [0.25, 0.3) is 0 Å². The summed E-state index contributed by atoms with van der Waals surface area (Å²) in [6.45, 7) is 0. The van der Waals surface area contributed by atoms with E-state index in [1.165, 1.54) is 0 Å². The van der Waals surface area contributed by atoms with Crippen molar-refractivity contribution in [3.8, 4) is 0 Å². The van der Waals surface area contributed by atoms with E-state index < -0.39 is 35.7 Å². The first-order chi connectivity index (χ1) is 6.80. The Balaban J connectivity index is 2.71. The van der Waals surface area contributed by atoms with Crippen LogP contribution in [0.25, 0.3) is 0 Å². The van der Waals surface area contributed by atoms with Crippen LogP contribution in [0.2, 0.25) is 0 Å². The van der Waals surface area contributed by atoms with Gasteiger partial charge in [-0.1, -0.05) is 0 Å². The fourth-order valence-electron chi connectivity index (χ4n) is 1.10. The average molecular weight is 242 g/mol. The molecule has 2 amide bonds. The van der Waals surface area contributed by atoms with Crippen molar-refractivity contribution in [1.29, 1.82) is 0 Å². The Kier molecular flexibility index (Phi) is 3.48. The van der Waals surface area contributed by atoms with E-state index in [2.05, 4.69) is 5.32 Å². The topological polar surface area (TPSA) is 72.2 Å². The Bertz CT molecular complexity index is 282. The molecular formula is C7H9F3N2O2S. The summed E-state index contributed by atoms with van der Waals surface area (Å²) >= 11 is 0.522. The van der Waals surface area contributed by atoms with E-state index >= 15 is 0 Å². The predicted molar refractivity (Wildman–Crippen MR) is 48.0 cm³/mol. The van der Waals surface area contributed by atoms with Crippen molar-refractivity contribution < 1.29 is 22.8 Å².